The highest BCUT2D eigenvalue weighted by molar-refractivity contribution is 7.80. The zero-order chi connectivity index (χ0) is 16.9. The molecular formula is C18H20N4OS. The van der Waals surface area contributed by atoms with Crippen LogP contribution in [0.1, 0.15) is 24.0 Å². The first-order chi connectivity index (χ1) is 11.6. The van der Waals surface area contributed by atoms with Gasteiger partial charge < -0.3 is 15.5 Å². The van der Waals surface area contributed by atoms with Crippen molar-refractivity contribution in [1.82, 2.24) is 10.3 Å². The highest BCUT2D eigenvalue weighted by Gasteiger charge is 2.22. The van der Waals surface area contributed by atoms with Gasteiger partial charge in [-0.1, -0.05) is 6.07 Å². The first-order valence-electron chi connectivity index (χ1n) is 7.98. The van der Waals surface area contributed by atoms with E-state index >= 15 is 0 Å². The van der Waals surface area contributed by atoms with Crippen LogP contribution in [0.15, 0.2) is 42.7 Å². The molecule has 6 heteroatoms. The lowest BCUT2D eigenvalue weighted by atomic mass is 10.1. The standard InChI is InChI=1S/C18H20N4OS/c1-13-10-15(6-7-16(13)22-9-3-5-17(22)23)21-18(24)20-12-14-4-2-8-19-11-14/h2,4,6-8,10-11H,3,5,9,12H2,1H3,(H2,20,21,24). The smallest absolute Gasteiger partial charge is 0.227 e. The van der Waals surface area contributed by atoms with Crippen molar-refractivity contribution in [2.24, 2.45) is 0 Å². The second-order valence-corrected chi connectivity index (χ2v) is 6.23. The van der Waals surface area contributed by atoms with Gasteiger partial charge in [0, 0.05) is 43.3 Å². The van der Waals surface area contributed by atoms with Crippen molar-refractivity contribution in [2.45, 2.75) is 26.3 Å². The number of rotatable bonds is 4. The van der Waals surface area contributed by atoms with Gasteiger partial charge in [-0.05, 0) is 61.0 Å². The van der Waals surface area contributed by atoms with Crippen LogP contribution < -0.4 is 15.5 Å². The highest BCUT2D eigenvalue weighted by atomic mass is 32.1. The lowest BCUT2D eigenvalue weighted by molar-refractivity contribution is -0.117. The molecule has 0 radical (unpaired) electrons. The van der Waals surface area contributed by atoms with Crippen molar-refractivity contribution in [3.05, 3.63) is 53.9 Å². The number of anilines is 2. The minimum Gasteiger partial charge on any atom is -0.358 e. The number of hydrogen-bond acceptors (Lipinski definition) is 3. The Labute approximate surface area is 147 Å². The predicted molar refractivity (Wildman–Crippen MR) is 100 cm³/mol. The van der Waals surface area contributed by atoms with E-state index in [1.807, 2.05) is 48.4 Å². The fourth-order valence-corrected chi connectivity index (χ4v) is 2.99. The van der Waals surface area contributed by atoms with Crippen LogP contribution in [0.25, 0.3) is 0 Å². The normalized spacial score (nSPS) is 13.9. The maximum absolute atomic E-state index is 11.9. The monoisotopic (exact) mass is 340 g/mol. The number of carbonyl (C=O) groups is 1. The molecule has 1 fully saturated rings. The van der Waals surface area contributed by atoms with E-state index in [-0.39, 0.29) is 5.91 Å². The van der Waals surface area contributed by atoms with E-state index in [9.17, 15) is 4.79 Å². The molecule has 1 aromatic heterocycles. The summed E-state index contributed by atoms with van der Waals surface area (Å²) in [6.45, 7) is 3.44. The number of pyridine rings is 1. The summed E-state index contributed by atoms with van der Waals surface area (Å²) in [4.78, 5) is 17.8. The molecule has 0 saturated carbocycles. The van der Waals surface area contributed by atoms with E-state index in [0.717, 1.165) is 35.5 Å². The molecule has 5 nitrogen and oxygen atoms in total. The molecule has 3 rings (SSSR count). The molecule has 1 aliphatic rings. The summed E-state index contributed by atoms with van der Waals surface area (Å²) in [7, 11) is 0. The van der Waals surface area contributed by atoms with Gasteiger partial charge in [-0.15, -0.1) is 0 Å². The number of hydrogen-bond donors (Lipinski definition) is 2. The molecule has 1 aliphatic heterocycles. The second kappa shape index (κ2) is 7.40. The molecule has 0 spiro atoms. The summed E-state index contributed by atoms with van der Waals surface area (Å²) >= 11 is 5.33. The number of aryl methyl sites for hydroxylation is 1. The number of thiocarbonyl (C=S) groups is 1. The number of amides is 1. The Balaban J connectivity index is 1.60. The summed E-state index contributed by atoms with van der Waals surface area (Å²) in [6.07, 6.45) is 5.12. The minimum atomic E-state index is 0.201. The number of carbonyl (C=O) groups excluding carboxylic acids is 1. The van der Waals surface area contributed by atoms with Crippen LogP contribution in [0.2, 0.25) is 0 Å². The summed E-state index contributed by atoms with van der Waals surface area (Å²) in [5, 5.41) is 6.90. The number of nitrogens with one attached hydrogen (secondary N) is 2. The topological polar surface area (TPSA) is 57.3 Å². The van der Waals surface area contributed by atoms with E-state index < -0.39 is 0 Å². The number of nitrogens with zero attached hydrogens (tertiary/aromatic N) is 2. The van der Waals surface area contributed by atoms with E-state index in [2.05, 4.69) is 15.6 Å². The number of aromatic nitrogens is 1. The Morgan fingerprint density at radius 2 is 2.25 bits per heavy atom. The van der Waals surface area contributed by atoms with Gasteiger partial charge in [0.1, 0.15) is 0 Å². The fourth-order valence-electron chi connectivity index (χ4n) is 2.80. The van der Waals surface area contributed by atoms with Crippen molar-refractivity contribution in [2.75, 3.05) is 16.8 Å². The van der Waals surface area contributed by atoms with Crippen LogP contribution in [0, 0.1) is 6.92 Å². The number of benzene rings is 1. The van der Waals surface area contributed by atoms with Gasteiger partial charge in [-0.25, -0.2) is 0 Å². The molecule has 0 atom stereocenters. The Hall–Kier alpha value is -2.47. The SMILES string of the molecule is Cc1cc(NC(=S)NCc2cccnc2)ccc1N1CCCC1=O. The zero-order valence-electron chi connectivity index (χ0n) is 13.6. The van der Waals surface area contributed by atoms with E-state index in [1.165, 1.54) is 0 Å². The largest absolute Gasteiger partial charge is 0.358 e. The van der Waals surface area contributed by atoms with Crippen molar-refractivity contribution in [1.29, 1.82) is 0 Å². The van der Waals surface area contributed by atoms with Gasteiger partial charge >= 0.3 is 0 Å². The molecule has 2 N–H and O–H groups in total. The Kier molecular flexibility index (Phi) is 5.05. The van der Waals surface area contributed by atoms with Crippen molar-refractivity contribution >= 4 is 34.6 Å². The molecular weight excluding hydrogens is 320 g/mol. The molecule has 1 aromatic carbocycles. The van der Waals surface area contributed by atoms with Crippen LogP contribution >= 0.6 is 12.2 Å². The minimum absolute atomic E-state index is 0.201. The molecule has 2 heterocycles. The van der Waals surface area contributed by atoms with Gasteiger partial charge in [0.25, 0.3) is 0 Å². The fraction of sp³-hybridized carbons (Fsp3) is 0.278. The van der Waals surface area contributed by atoms with Crippen molar-refractivity contribution in [3.8, 4) is 0 Å². The van der Waals surface area contributed by atoms with Gasteiger partial charge in [-0.3, -0.25) is 9.78 Å². The van der Waals surface area contributed by atoms with E-state index in [0.29, 0.717) is 18.1 Å². The van der Waals surface area contributed by atoms with Crippen molar-refractivity contribution < 1.29 is 4.79 Å². The molecule has 1 amide bonds. The Morgan fingerprint density at radius 1 is 1.38 bits per heavy atom. The quantitative estimate of drug-likeness (QED) is 0.838. The van der Waals surface area contributed by atoms with Gasteiger partial charge in [0.05, 0.1) is 0 Å². The van der Waals surface area contributed by atoms with Crippen LogP contribution in [0.5, 0.6) is 0 Å². The van der Waals surface area contributed by atoms with Crippen LogP contribution in [-0.2, 0) is 11.3 Å². The van der Waals surface area contributed by atoms with Crippen LogP contribution in [0.3, 0.4) is 0 Å². The Bertz CT molecular complexity index is 748. The van der Waals surface area contributed by atoms with Crippen LogP contribution in [0.4, 0.5) is 11.4 Å². The molecule has 24 heavy (non-hydrogen) atoms. The Morgan fingerprint density at radius 3 is 2.92 bits per heavy atom. The average molecular weight is 340 g/mol. The van der Waals surface area contributed by atoms with E-state index in [4.69, 9.17) is 12.2 Å². The third-order valence-corrected chi connectivity index (χ3v) is 4.24. The van der Waals surface area contributed by atoms with Gasteiger partial charge in [0.2, 0.25) is 5.91 Å². The van der Waals surface area contributed by atoms with Crippen molar-refractivity contribution in [3.63, 3.8) is 0 Å². The first kappa shape index (κ1) is 16.4. The average Bonchev–Trinajstić information content (AvgIpc) is 3.00. The second-order valence-electron chi connectivity index (χ2n) is 5.82. The molecule has 2 aromatic rings. The molecule has 1 saturated heterocycles. The van der Waals surface area contributed by atoms with Crippen LogP contribution in [-0.4, -0.2) is 22.5 Å². The third-order valence-electron chi connectivity index (χ3n) is 3.99. The van der Waals surface area contributed by atoms with Gasteiger partial charge in [0.15, 0.2) is 5.11 Å². The maximum Gasteiger partial charge on any atom is 0.227 e. The van der Waals surface area contributed by atoms with Gasteiger partial charge in [-0.2, -0.15) is 0 Å². The molecule has 0 unspecified atom stereocenters. The van der Waals surface area contributed by atoms with E-state index in [1.54, 1.807) is 6.20 Å². The lowest BCUT2D eigenvalue weighted by Crippen LogP contribution is -2.28. The lowest BCUT2D eigenvalue weighted by Gasteiger charge is -2.19. The summed E-state index contributed by atoms with van der Waals surface area (Å²) in [5.41, 5.74) is 4.02. The zero-order valence-corrected chi connectivity index (χ0v) is 14.4. The maximum atomic E-state index is 11.9. The summed E-state index contributed by atoms with van der Waals surface area (Å²) in [6, 6.07) is 9.83. The molecule has 0 aliphatic carbocycles. The molecule has 124 valence electrons. The predicted octanol–water partition coefficient (Wildman–Crippen LogP) is 3.00. The summed E-state index contributed by atoms with van der Waals surface area (Å²) < 4.78 is 0. The first-order valence-corrected chi connectivity index (χ1v) is 8.39. The molecule has 0 bridgehead atoms. The highest BCUT2D eigenvalue weighted by Crippen LogP contribution is 2.27. The third kappa shape index (κ3) is 3.89. The summed E-state index contributed by atoms with van der Waals surface area (Å²) in [5.74, 6) is 0.201.